The molecular formula is C21H28N4O3. The minimum atomic E-state index is -0.746. The monoisotopic (exact) mass is 384 g/mol. The summed E-state index contributed by atoms with van der Waals surface area (Å²) in [5, 5.41) is 11.8. The van der Waals surface area contributed by atoms with E-state index in [2.05, 4.69) is 15.5 Å². The predicted molar refractivity (Wildman–Crippen MR) is 103 cm³/mol. The Hall–Kier alpha value is -2.44. The van der Waals surface area contributed by atoms with Crippen LogP contribution in [0.15, 0.2) is 24.4 Å². The van der Waals surface area contributed by atoms with E-state index in [4.69, 9.17) is 4.74 Å². The molecule has 0 unspecified atom stereocenters. The van der Waals surface area contributed by atoms with Crippen LogP contribution in [0.4, 0.5) is 0 Å². The van der Waals surface area contributed by atoms with E-state index in [1.807, 2.05) is 28.8 Å². The number of fused-ring (bicyclic) bond motifs is 1. The van der Waals surface area contributed by atoms with Crippen molar-refractivity contribution in [1.82, 2.24) is 19.9 Å². The number of cyclic esters (lactones) is 1. The number of hydrogen-bond acceptors (Lipinski definition) is 5. The Morgan fingerprint density at radius 1 is 1.25 bits per heavy atom. The van der Waals surface area contributed by atoms with E-state index in [1.165, 1.54) is 6.42 Å². The van der Waals surface area contributed by atoms with Gasteiger partial charge in [-0.25, -0.2) is 0 Å². The van der Waals surface area contributed by atoms with Crippen molar-refractivity contribution in [2.75, 3.05) is 6.54 Å². The summed E-state index contributed by atoms with van der Waals surface area (Å²) in [7, 11) is 0. The highest BCUT2D eigenvalue weighted by atomic mass is 16.6. The van der Waals surface area contributed by atoms with Gasteiger partial charge in [-0.3, -0.25) is 14.0 Å². The van der Waals surface area contributed by atoms with Gasteiger partial charge in [0.05, 0.1) is 12.3 Å². The summed E-state index contributed by atoms with van der Waals surface area (Å²) in [6.45, 7) is 4.20. The van der Waals surface area contributed by atoms with Crippen molar-refractivity contribution in [2.24, 2.45) is 11.3 Å². The second kappa shape index (κ2) is 7.18. The van der Waals surface area contributed by atoms with Crippen molar-refractivity contribution >= 4 is 17.5 Å². The molecule has 0 bridgehead atoms. The van der Waals surface area contributed by atoms with Crippen LogP contribution < -0.4 is 5.32 Å². The van der Waals surface area contributed by atoms with Crippen LogP contribution in [0.25, 0.3) is 5.65 Å². The summed E-state index contributed by atoms with van der Waals surface area (Å²) in [6, 6.07) is 5.89. The third-order valence-corrected chi connectivity index (χ3v) is 6.37. The Morgan fingerprint density at radius 2 is 2.04 bits per heavy atom. The molecule has 0 spiro atoms. The summed E-state index contributed by atoms with van der Waals surface area (Å²) in [5.41, 5.74) is 0.0700. The third kappa shape index (κ3) is 3.62. The fourth-order valence-electron chi connectivity index (χ4n) is 4.69. The van der Waals surface area contributed by atoms with E-state index in [1.54, 1.807) is 13.8 Å². The van der Waals surface area contributed by atoms with Gasteiger partial charge >= 0.3 is 5.97 Å². The highest BCUT2D eigenvalue weighted by Gasteiger charge is 2.46. The van der Waals surface area contributed by atoms with Gasteiger partial charge in [-0.2, -0.15) is 0 Å². The molecule has 2 aliphatic rings. The fourth-order valence-corrected chi connectivity index (χ4v) is 4.69. The first-order valence-electron chi connectivity index (χ1n) is 10.2. The number of esters is 1. The lowest BCUT2D eigenvalue weighted by Crippen LogP contribution is -2.46. The first kappa shape index (κ1) is 18.9. The van der Waals surface area contributed by atoms with Crippen molar-refractivity contribution in [3.8, 4) is 0 Å². The maximum atomic E-state index is 12.8. The van der Waals surface area contributed by atoms with Gasteiger partial charge in [0.1, 0.15) is 11.4 Å². The van der Waals surface area contributed by atoms with Gasteiger partial charge in [0.25, 0.3) is 0 Å². The molecule has 1 N–H and O–H groups in total. The lowest BCUT2D eigenvalue weighted by atomic mass is 9.71. The molecule has 150 valence electrons. The van der Waals surface area contributed by atoms with Crippen molar-refractivity contribution in [3.63, 3.8) is 0 Å². The van der Waals surface area contributed by atoms with Crippen LogP contribution >= 0.6 is 0 Å². The standard InChI is InChI=1S/C21H28N4O3/c1-20(2)15(12-18(26)28-20)19(27)22-14-21(9-5-3-6-10-21)13-17-24-23-16-8-4-7-11-25(16)17/h4,7-8,11,15H,3,5-6,9-10,12-14H2,1-2H3,(H,22,27)/t15-/m0/s1. The molecule has 1 amide bonds. The number of rotatable bonds is 5. The number of ether oxygens (including phenoxy) is 1. The van der Waals surface area contributed by atoms with Gasteiger partial charge in [0, 0.05) is 19.2 Å². The van der Waals surface area contributed by atoms with Crippen molar-refractivity contribution < 1.29 is 14.3 Å². The summed E-state index contributed by atoms with van der Waals surface area (Å²) < 4.78 is 7.34. The van der Waals surface area contributed by atoms with E-state index < -0.39 is 11.5 Å². The van der Waals surface area contributed by atoms with Gasteiger partial charge in [-0.05, 0) is 44.2 Å². The number of carbonyl (C=O) groups is 2. The summed E-state index contributed by atoms with van der Waals surface area (Å²) in [6.07, 6.45) is 8.57. The van der Waals surface area contributed by atoms with Gasteiger partial charge in [-0.15, -0.1) is 10.2 Å². The predicted octanol–water partition coefficient (Wildman–Crippen LogP) is 2.68. The van der Waals surface area contributed by atoms with Gasteiger partial charge in [0.2, 0.25) is 5.91 Å². The quantitative estimate of drug-likeness (QED) is 0.801. The van der Waals surface area contributed by atoms with Gasteiger partial charge in [0.15, 0.2) is 5.65 Å². The smallest absolute Gasteiger partial charge is 0.307 e. The molecule has 1 saturated heterocycles. The second-order valence-electron chi connectivity index (χ2n) is 8.83. The number of hydrogen-bond donors (Lipinski definition) is 1. The topological polar surface area (TPSA) is 85.6 Å². The van der Waals surface area contributed by atoms with Crippen LogP contribution in [0.1, 0.15) is 58.2 Å². The first-order valence-corrected chi connectivity index (χ1v) is 10.2. The molecule has 7 heteroatoms. The molecule has 0 aromatic carbocycles. The van der Waals surface area contributed by atoms with Gasteiger partial charge in [-0.1, -0.05) is 25.3 Å². The Morgan fingerprint density at radius 3 is 2.75 bits per heavy atom. The van der Waals surface area contributed by atoms with Gasteiger partial charge < -0.3 is 10.1 Å². The Kier molecular flexibility index (Phi) is 4.85. The Labute approximate surface area is 164 Å². The molecule has 7 nitrogen and oxygen atoms in total. The van der Waals surface area contributed by atoms with E-state index in [0.29, 0.717) is 6.54 Å². The Bertz CT molecular complexity index is 883. The van der Waals surface area contributed by atoms with E-state index in [0.717, 1.165) is 43.6 Å². The largest absolute Gasteiger partial charge is 0.459 e. The van der Waals surface area contributed by atoms with Crippen LogP contribution in [0.2, 0.25) is 0 Å². The van der Waals surface area contributed by atoms with Crippen LogP contribution in [0.5, 0.6) is 0 Å². The maximum absolute atomic E-state index is 12.8. The summed E-state index contributed by atoms with van der Waals surface area (Å²) in [5.74, 6) is 0.111. The van der Waals surface area contributed by atoms with Crippen molar-refractivity contribution in [3.05, 3.63) is 30.2 Å². The molecule has 1 saturated carbocycles. The van der Waals surface area contributed by atoms with Crippen molar-refractivity contribution in [2.45, 2.75) is 64.4 Å². The molecule has 1 aliphatic heterocycles. The molecule has 1 atom stereocenters. The number of aromatic nitrogens is 3. The molecule has 2 aromatic rings. The minimum Gasteiger partial charge on any atom is -0.459 e. The molecule has 0 radical (unpaired) electrons. The molecule has 3 heterocycles. The normalized spacial score (nSPS) is 23.5. The summed E-state index contributed by atoms with van der Waals surface area (Å²) in [4.78, 5) is 24.5. The number of nitrogens with zero attached hydrogens (tertiary/aromatic N) is 3. The Balaban J connectivity index is 1.50. The van der Waals surface area contributed by atoms with Crippen LogP contribution in [0.3, 0.4) is 0 Å². The van der Waals surface area contributed by atoms with E-state index >= 15 is 0 Å². The number of nitrogens with one attached hydrogen (secondary N) is 1. The number of carbonyl (C=O) groups excluding carboxylic acids is 2. The zero-order valence-corrected chi connectivity index (χ0v) is 16.6. The molecule has 4 rings (SSSR count). The molecule has 1 aliphatic carbocycles. The highest BCUT2D eigenvalue weighted by molar-refractivity contribution is 5.87. The summed E-state index contributed by atoms with van der Waals surface area (Å²) >= 11 is 0. The molecule has 28 heavy (non-hydrogen) atoms. The average Bonchev–Trinajstić information content (AvgIpc) is 3.20. The molecular weight excluding hydrogens is 356 g/mol. The zero-order chi connectivity index (χ0) is 19.8. The maximum Gasteiger partial charge on any atom is 0.307 e. The van der Waals surface area contributed by atoms with Crippen LogP contribution in [-0.2, 0) is 20.7 Å². The minimum absolute atomic E-state index is 0.0275. The second-order valence-corrected chi connectivity index (χ2v) is 8.83. The number of amides is 1. The highest BCUT2D eigenvalue weighted by Crippen LogP contribution is 2.39. The third-order valence-electron chi connectivity index (χ3n) is 6.37. The zero-order valence-electron chi connectivity index (χ0n) is 16.6. The lowest BCUT2D eigenvalue weighted by molar-refractivity contribution is -0.147. The van der Waals surface area contributed by atoms with E-state index in [9.17, 15) is 9.59 Å². The molecule has 2 fully saturated rings. The first-order chi connectivity index (χ1) is 13.4. The lowest BCUT2D eigenvalue weighted by Gasteiger charge is -2.37. The average molecular weight is 384 g/mol. The van der Waals surface area contributed by atoms with E-state index in [-0.39, 0.29) is 23.7 Å². The SMILES string of the molecule is CC1(C)OC(=O)C[C@H]1C(=O)NCC1(Cc2nnc3ccccn23)CCCCC1. The van der Waals surface area contributed by atoms with Crippen molar-refractivity contribution in [1.29, 1.82) is 0 Å². The number of pyridine rings is 1. The van der Waals surface area contributed by atoms with Crippen LogP contribution in [0, 0.1) is 11.3 Å². The fraction of sp³-hybridized carbons (Fsp3) is 0.619. The van der Waals surface area contributed by atoms with Crippen LogP contribution in [-0.4, -0.2) is 38.6 Å². The molecule has 2 aromatic heterocycles.